The third-order valence-corrected chi connectivity index (χ3v) is 3.49. The highest BCUT2D eigenvalue weighted by atomic mass is 19.3. The van der Waals surface area contributed by atoms with Crippen LogP contribution in [-0.4, -0.2) is 48.7 Å². The fourth-order valence-corrected chi connectivity index (χ4v) is 2.71. The second-order valence-corrected chi connectivity index (χ2v) is 6.08. The van der Waals surface area contributed by atoms with Crippen molar-refractivity contribution in [3.63, 3.8) is 0 Å². The van der Waals surface area contributed by atoms with Crippen LogP contribution in [0.15, 0.2) is 0 Å². The molecule has 6 heteroatoms. The average molecular weight is 262 g/mol. The molecule has 0 radical (unpaired) electrons. The number of fused-ring (bicyclic) bond motifs is 1. The van der Waals surface area contributed by atoms with Gasteiger partial charge in [-0.15, -0.1) is 0 Å². The number of nitrogens with one attached hydrogen (secondary N) is 1. The van der Waals surface area contributed by atoms with E-state index in [0.29, 0.717) is 19.6 Å². The van der Waals surface area contributed by atoms with E-state index in [4.69, 9.17) is 4.74 Å². The fourth-order valence-electron chi connectivity index (χ4n) is 2.71. The van der Waals surface area contributed by atoms with Crippen molar-refractivity contribution in [1.82, 2.24) is 10.2 Å². The normalized spacial score (nSPS) is 31.9. The summed E-state index contributed by atoms with van der Waals surface area (Å²) in [6.07, 6.45) is -2.77. The van der Waals surface area contributed by atoms with Crippen molar-refractivity contribution in [1.29, 1.82) is 0 Å². The van der Waals surface area contributed by atoms with Crippen molar-refractivity contribution in [2.24, 2.45) is 11.8 Å². The molecule has 2 heterocycles. The van der Waals surface area contributed by atoms with Crippen molar-refractivity contribution >= 4 is 6.09 Å². The zero-order valence-electron chi connectivity index (χ0n) is 11.0. The zero-order chi connectivity index (χ0) is 13.5. The molecule has 2 aliphatic rings. The van der Waals surface area contributed by atoms with E-state index in [9.17, 15) is 13.6 Å². The molecule has 3 unspecified atom stereocenters. The van der Waals surface area contributed by atoms with Crippen LogP contribution >= 0.6 is 0 Å². The number of halogens is 2. The number of rotatable bonds is 1. The first-order valence-electron chi connectivity index (χ1n) is 6.27. The topological polar surface area (TPSA) is 41.6 Å². The van der Waals surface area contributed by atoms with Crippen molar-refractivity contribution in [3.05, 3.63) is 0 Å². The first-order valence-corrected chi connectivity index (χ1v) is 6.27. The summed E-state index contributed by atoms with van der Waals surface area (Å²) < 4.78 is 30.8. The molecule has 0 spiro atoms. The molecule has 2 saturated heterocycles. The quantitative estimate of drug-likeness (QED) is 0.782. The molecule has 3 atom stereocenters. The Kier molecular flexibility index (Phi) is 3.49. The molecule has 1 amide bonds. The zero-order valence-corrected chi connectivity index (χ0v) is 11.0. The Morgan fingerprint density at radius 2 is 2.06 bits per heavy atom. The maximum atomic E-state index is 12.8. The number of nitrogens with zero attached hydrogens (tertiary/aromatic N) is 1. The van der Waals surface area contributed by atoms with Crippen LogP contribution in [0, 0.1) is 11.8 Å². The van der Waals surface area contributed by atoms with Gasteiger partial charge in [0.25, 0.3) is 6.43 Å². The molecule has 0 aromatic rings. The molecular formula is C12H20F2N2O2. The van der Waals surface area contributed by atoms with Gasteiger partial charge in [-0.25, -0.2) is 13.6 Å². The summed E-state index contributed by atoms with van der Waals surface area (Å²) >= 11 is 0. The Morgan fingerprint density at radius 3 is 2.61 bits per heavy atom. The molecule has 2 aliphatic heterocycles. The van der Waals surface area contributed by atoms with Gasteiger partial charge in [-0.3, -0.25) is 0 Å². The summed E-state index contributed by atoms with van der Waals surface area (Å²) in [4.78, 5) is 13.4. The third-order valence-electron chi connectivity index (χ3n) is 3.49. The Morgan fingerprint density at radius 1 is 1.39 bits per heavy atom. The van der Waals surface area contributed by atoms with E-state index < -0.39 is 24.2 Å². The predicted molar refractivity (Wildman–Crippen MR) is 62.6 cm³/mol. The van der Waals surface area contributed by atoms with Crippen LogP contribution in [-0.2, 0) is 4.74 Å². The van der Waals surface area contributed by atoms with E-state index in [0.717, 1.165) is 0 Å². The molecule has 0 bridgehead atoms. The number of carbonyl (C=O) groups is 1. The summed E-state index contributed by atoms with van der Waals surface area (Å²) in [7, 11) is 0. The van der Waals surface area contributed by atoms with Gasteiger partial charge < -0.3 is 15.0 Å². The van der Waals surface area contributed by atoms with Crippen molar-refractivity contribution < 1.29 is 18.3 Å². The highest BCUT2D eigenvalue weighted by molar-refractivity contribution is 5.68. The number of hydrogen-bond donors (Lipinski definition) is 1. The van der Waals surface area contributed by atoms with Gasteiger partial charge in [-0.2, -0.15) is 0 Å². The van der Waals surface area contributed by atoms with Crippen LogP contribution < -0.4 is 5.32 Å². The molecule has 104 valence electrons. The number of hydrogen-bond acceptors (Lipinski definition) is 3. The first kappa shape index (κ1) is 13.5. The van der Waals surface area contributed by atoms with E-state index in [1.54, 1.807) is 25.7 Å². The molecule has 2 rings (SSSR count). The van der Waals surface area contributed by atoms with Gasteiger partial charge in [0.1, 0.15) is 5.60 Å². The maximum absolute atomic E-state index is 12.8. The molecule has 2 fully saturated rings. The van der Waals surface area contributed by atoms with Crippen LogP contribution in [0.1, 0.15) is 20.8 Å². The molecule has 0 saturated carbocycles. The highest BCUT2D eigenvalue weighted by Crippen LogP contribution is 2.33. The van der Waals surface area contributed by atoms with Gasteiger partial charge in [0, 0.05) is 25.6 Å². The number of amides is 1. The molecule has 4 nitrogen and oxygen atoms in total. The van der Waals surface area contributed by atoms with E-state index >= 15 is 0 Å². The summed E-state index contributed by atoms with van der Waals surface area (Å²) in [5.41, 5.74) is -0.546. The third kappa shape index (κ3) is 2.74. The second kappa shape index (κ2) is 4.64. The SMILES string of the molecule is CC(C)(C)OC(=O)N1CC2CNC(C(F)F)C2C1. The Bertz CT molecular complexity index is 331. The van der Waals surface area contributed by atoms with Crippen LogP contribution in [0.5, 0.6) is 0 Å². The van der Waals surface area contributed by atoms with Gasteiger partial charge in [0.05, 0.1) is 6.04 Å². The smallest absolute Gasteiger partial charge is 0.410 e. The summed E-state index contributed by atoms with van der Waals surface area (Å²) in [6.45, 7) is 6.82. The van der Waals surface area contributed by atoms with Crippen molar-refractivity contribution in [2.45, 2.75) is 38.8 Å². The van der Waals surface area contributed by atoms with Crippen molar-refractivity contribution in [2.75, 3.05) is 19.6 Å². The Labute approximate surface area is 106 Å². The molecule has 0 aliphatic carbocycles. The summed E-state index contributed by atoms with van der Waals surface area (Å²) in [5, 5.41) is 2.84. The number of carbonyl (C=O) groups excluding carboxylic acids is 1. The monoisotopic (exact) mass is 262 g/mol. The molecule has 0 aromatic carbocycles. The number of alkyl halides is 2. The lowest BCUT2D eigenvalue weighted by atomic mass is 9.94. The number of ether oxygens (including phenoxy) is 1. The van der Waals surface area contributed by atoms with Crippen LogP contribution in [0.4, 0.5) is 13.6 Å². The van der Waals surface area contributed by atoms with E-state index in [2.05, 4.69) is 5.32 Å². The van der Waals surface area contributed by atoms with Crippen molar-refractivity contribution in [3.8, 4) is 0 Å². The molecule has 18 heavy (non-hydrogen) atoms. The van der Waals surface area contributed by atoms with Crippen LogP contribution in [0.3, 0.4) is 0 Å². The Balaban J connectivity index is 1.95. The minimum Gasteiger partial charge on any atom is -0.444 e. The lowest BCUT2D eigenvalue weighted by Crippen LogP contribution is -2.41. The summed E-state index contributed by atoms with van der Waals surface area (Å²) in [6, 6.07) is -0.789. The van der Waals surface area contributed by atoms with Crippen LogP contribution in [0.25, 0.3) is 0 Å². The molecule has 0 aromatic heterocycles. The van der Waals surface area contributed by atoms with Gasteiger partial charge in [0.2, 0.25) is 0 Å². The largest absolute Gasteiger partial charge is 0.444 e. The lowest BCUT2D eigenvalue weighted by Gasteiger charge is -2.25. The minimum absolute atomic E-state index is 0.122. The Hall–Kier alpha value is -0.910. The molecular weight excluding hydrogens is 242 g/mol. The summed E-state index contributed by atoms with van der Waals surface area (Å²) in [5.74, 6) is -0.0333. The van der Waals surface area contributed by atoms with Gasteiger partial charge in [-0.05, 0) is 26.7 Å². The second-order valence-electron chi connectivity index (χ2n) is 6.08. The minimum atomic E-state index is -2.38. The number of likely N-dealkylation sites (tertiary alicyclic amines) is 1. The van der Waals surface area contributed by atoms with Gasteiger partial charge >= 0.3 is 6.09 Å². The van der Waals surface area contributed by atoms with Crippen LogP contribution in [0.2, 0.25) is 0 Å². The first-order chi connectivity index (χ1) is 8.28. The highest BCUT2D eigenvalue weighted by Gasteiger charge is 2.47. The lowest BCUT2D eigenvalue weighted by molar-refractivity contribution is 0.0260. The average Bonchev–Trinajstić information content (AvgIpc) is 2.70. The predicted octanol–water partition coefficient (Wildman–Crippen LogP) is 1.71. The van der Waals surface area contributed by atoms with Gasteiger partial charge in [0.15, 0.2) is 0 Å². The van der Waals surface area contributed by atoms with E-state index in [1.807, 2.05) is 0 Å². The van der Waals surface area contributed by atoms with E-state index in [-0.39, 0.29) is 11.8 Å². The van der Waals surface area contributed by atoms with Gasteiger partial charge in [-0.1, -0.05) is 0 Å². The maximum Gasteiger partial charge on any atom is 0.410 e. The standard InChI is InChI=1S/C12H20F2N2O2/c1-12(2,3)18-11(17)16-5-7-4-15-9(10(13)14)8(7)6-16/h7-10,15H,4-6H2,1-3H3. The molecule has 1 N–H and O–H groups in total. The van der Waals surface area contributed by atoms with E-state index in [1.165, 1.54) is 0 Å². The fraction of sp³-hybridized carbons (Fsp3) is 0.917.